The summed E-state index contributed by atoms with van der Waals surface area (Å²) in [6, 6.07) is 5.60. The second-order valence-corrected chi connectivity index (χ2v) is 4.00. The predicted molar refractivity (Wildman–Crippen MR) is 65.7 cm³/mol. The summed E-state index contributed by atoms with van der Waals surface area (Å²) in [6.07, 6.45) is 0. The molecule has 1 rings (SSSR count). The van der Waals surface area contributed by atoms with Crippen LogP contribution in [0, 0.1) is 0 Å². The molecule has 0 aliphatic rings. The molecule has 1 aromatic rings. The highest BCUT2D eigenvalue weighted by molar-refractivity contribution is 5.42. The number of benzene rings is 1. The first-order valence-corrected chi connectivity index (χ1v) is 5.80. The van der Waals surface area contributed by atoms with E-state index in [-0.39, 0.29) is 26.4 Å². The predicted octanol–water partition coefficient (Wildman–Crippen LogP) is 1.55. The average Bonchev–Trinajstić information content (AvgIpc) is 2.33. The molecule has 0 aromatic heterocycles. The number of hydrogen-bond donors (Lipinski definition) is 2. The lowest BCUT2D eigenvalue weighted by molar-refractivity contribution is 0.193. The average molecular weight is 240 g/mol. The fourth-order valence-electron chi connectivity index (χ4n) is 1.53. The molecular weight excluding hydrogens is 220 g/mol. The summed E-state index contributed by atoms with van der Waals surface area (Å²) < 4.78 is 10.8. The van der Waals surface area contributed by atoms with Crippen molar-refractivity contribution in [2.45, 2.75) is 19.8 Å². The number of aliphatic hydroxyl groups is 2. The molecule has 0 saturated carbocycles. The van der Waals surface area contributed by atoms with Gasteiger partial charge in [-0.15, -0.1) is 0 Å². The number of rotatable bonds is 7. The molecule has 1 aromatic carbocycles. The van der Waals surface area contributed by atoms with Crippen LogP contribution >= 0.6 is 0 Å². The quantitative estimate of drug-likeness (QED) is 0.759. The van der Waals surface area contributed by atoms with E-state index in [9.17, 15) is 0 Å². The number of ether oxygens (including phenoxy) is 2. The minimum Gasteiger partial charge on any atom is -0.491 e. The van der Waals surface area contributed by atoms with Gasteiger partial charge in [0.15, 0.2) is 0 Å². The molecule has 0 atom stereocenters. The van der Waals surface area contributed by atoms with Crippen molar-refractivity contribution in [1.29, 1.82) is 0 Å². The van der Waals surface area contributed by atoms with Crippen molar-refractivity contribution in [3.05, 3.63) is 23.8 Å². The van der Waals surface area contributed by atoms with Crippen LogP contribution in [0.3, 0.4) is 0 Å². The third kappa shape index (κ3) is 4.24. The molecule has 2 N–H and O–H groups in total. The highest BCUT2D eigenvalue weighted by Gasteiger charge is 2.09. The van der Waals surface area contributed by atoms with E-state index in [4.69, 9.17) is 19.7 Å². The van der Waals surface area contributed by atoms with Gasteiger partial charge in [0.1, 0.15) is 24.7 Å². The van der Waals surface area contributed by atoms with E-state index in [1.165, 1.54) is 0 Å². The molecule has 17 heavy (non-hydrogen) atoms. The molecule has 0 radical (unpaired) electrons. The maximum atomic E-state index is 8.78. The van der Waals surface area contributed by atoms with Gasteiger partial charge >= 0.3 is 0 Å². The molecule has 0 unspecified atom stereocenters. The van der Waals surface area contributed by atoms with E-state index in [0.29, 0.717) is 11.7 Å². The molecule has 0 fully saturated rings. The SMILES string of the molecule is CC(C)c1ccc(OCCO)cc1OCCO. The Morgan fingerprint density at radius 2 is 1.71 bits per heavy atom. The summed E-state index contributed by atoms with van der Waals surface area (Å²) >= 11 is 0. The van der Waals surface area contributed by atoms with Gasteiger partial charge in [0, 0.05) is 6.07 Å². The Hall–Kier alpha value is -1.26. The van der Waals surface area contributed by atoms with E-state index >= 15 is 0 Å². The minimum atomic E-state index is -0.0151. The molecule has 0 bridgehead atoms. The van der Waals surface area contributed by atoms with Gasteiger partial charge in [-0.3, -0.25) is 0 Å². The van der Waals surface area contributed by atoms with Crippen LogP contribution in [0.2, 0.25) is 0 Å². The third-order valence-corrected chi connectivity index (χ3v) is 2.32. The van der Waals surface area contributed by atoms with Crippen molar-refractivity contribution < 1.29 is 19.7 Å². The largest absolute Gasteiger partial charge is 0.491 e. The lowest BCUT2D eigenvalue weighted by Crippen LogP contribution is -2.06. The highest BCUT2D eigenvalue weighted by Crippen LogP contribution is 2.30. The summed E-state index contributed by atoms with van der Waals surface area (Å²) in [5.41, 5.74) is 1.08. The lowest BCUT2D eigenvalue weighted by Gasteiger charge is -2.15. The van der Waals surface area contributed by atoms with Gasteiger partial charge < -0.3 is 19.7 Å². The first-order valence-electron chi connectivity index (χ1n) is 5.80. The molecule has 4 heteroatoms. The minimum absolute atomic E-state index is 0.0146. The smallest absolute Gasteiger partial charge is 0.126 e. The van der Waals surface area contributed by atoms with Gasteiger partial charge in [-0.2, -0.15) is 0 Å². The number of aliphatic hydroxyl groups excluding tert-OH is 2. The van der Waals surface area contributed by atoms with Crippen molar-refractivity contribution in [3.8, 4) is 11.5 Å². The molecule has 0 spiro atoms. The van der Waals surface area contributed by atoms with E-state index < -0.39 is 0 Å². The van der Waals surface area contributed by atoms with Gasteiger partial charge in [0.05, 0.1) is 13.2 Å². The Labute approximate surface area is 102 Å². The Balaban J connectivity index is 2.84. The molecule has 0 aliphatic heterocycles. The van der Waals surface area contributed by atoms with Gasteiger partial charge in [-0.25, -0.2) is 0 Å². The second-order valence-electron chi connectivity index (χ2n) is 4.00. The van der Waals surface area contributed by atoms with E-state index in [0.717, 1.165) is 11.3 Å². The van der Waals surface area contributed by atoms with Crippen LogP contribution in [-0.2, 0) is 0 Å². The molecule has 0 saturated heterocycles. The Bertz CT molecular complexity index is 336. The third-order valence-electron chi connectivity index (χ3n) is 2.32. The fraction of sp³-hybridized carbons (Fsp3) is 0.538. The Kier molecular flexibility index (Phi) is 5.80. The standard InChI is InChI=1S/C13H20O4/c1-10(2)12-4-3-11(16-7-5-14)9-13(12)17-8-6-15/h3-4,9-10,14-15H,5-8H2,1-2H3. The van der Waals surface area contributed by atoms with Gasteiger partial charge in [-0.1, -0.05) is 19.9 Å². The van der Waals surface area contributed by atoms with Crippen molar-refractivity contribution >= 4 is 0 Å². The zero-order chi connectivity index (χ0) is 12.7. The van der Waals surface area contributed by atoms with Gasteiger partial charge in [0.25, 0.3) is 0 Å². The molecule has 96 valence electrons. The van der Waals surface area contributed by atoms with Crippen LogP contribution in [0.25, 0.3) is 0 Å². The summed E-state index contributed by atoms with van der Waals surface area (Å²) in [5, 5.41) is 17.5. The molecule has 0 amide bonds. The van der Waals surface area contributed by atoms with E-state index in [1.54, 1.807) is 6.07 Å². The maximum absolute atomic E-state index is 8.78. The lowest BCUT2D eigenvalue weighted by atomic mass is 10.0. The van der Waals surface area contributed by atoms with Crippen molar-refractivity contribution in [3.63, 3.8) is 0 Å². The van der Waals surface area contributed by atoms with E-state index in [1.807, 2.05) is 12.1 Å². The normalized spacial score (nSPS) is 10.6. The first-order chi connectivity index (χ1) is 8.19. The maximum Gasteiger partial charge on any atom is 0.126 e. The Morgan fingerprint density at radius 3 is 2.29 bits per heavy atom. The summed E-state index contributed by atoms with van der Waals surface area (Å²) in [5.74, 6) is 1.73. The molecule has 4 nitrogen and oxygen atoms in total. The molecular formula is C13H20O4. The van der Waals surface area contributed by atoms with E-state index in [2.05, 4.69) is 13.8 Å². The zero-order valence-corrected chi connectivity index (χ0v) is 10.3. The topological polar surface area (TPSA) is 58.9 Å². The van der Waals surface area contributed by atoms with Crippen molar-refractivity contribution in [2.24, 2.45) is 0 Å². The Morgan fingerprint density at radius 1 is 1.06 bits per heavy atom. The van der Waals surface area contributed by atoms with Crippen molar-refractivity contribution in [1.82, 2.24) is 0 Å². The number of hydrogen-bond acceptors (Lipinski definition) is 4. The zero-order valence-electron chi connectivity index (χ0n) is 10.3. The van der Waals surface area contributed by atoms with Crippen molar-refractivity contribution in [2.75, 3.05) is 26.4 Å². The summed E-state index contributed by atoms with van der Waals surface area (Å²) in [7, 11) is 0. The van der Waals surface area contributed by atoms with Crippen LogP contribution < -0.4 is 9.47 Å². The second kappa shape index (κ2) is 7.14. The monoisotopic (exact) mass is 240 g/mol. The molecule has 0 heterocycles. The van der Waals surface area contributed by atoms with Gasteiger partial charge in [0.2, 0.25) is 0 Å². The summed E-state index contributed by atoms with van der Waals surface area (Å²) in [4.78, 5) is 0. The highest BCUT2D eigenvalue weighted by atomic mass is 16.5. The van der Waals surface area contributed by atoms with Crippen LogP contribution in [0.4, 0.5) is 0 Å². The fourth-order valence-corrected chi connectivity index (χ4v) is 1.53. The first kappa shape index (κ1) is 13.8. The van der Waals surface area contributed by atoms with Gasteiger partial charge in [-0.05, 0) is 17.5 Å². The van der Waals surface area contributed by atoms with Crippen LogP contribution in [0.5, 0.6) is 11.5 Å². The van der Waals surface area contributed by atoms with Crippen LogP contribution in [0.15, 0.2) is 18.2 Å². The summed E-state index contributed by atoms with van der Waals surface area (Å²) in [6.45, 7) is 4.66. The van der Waals surface area contributed by atoms with Crippen LogP contribution in [0.1, 0.15) is 25.3 Å². The van der Waals surface area contributed by atoms with Crippen LogP contribution in [-0.4, -0.2) is 36.6 Å². The molecule has 0 aliphatic carbocycles.